The lowest BCUT2D eigenvalue weighted by atomic mass is 10.0. The molecule has 1 aromatic carbocycles. The van der Waals surface area contributed by atoms with Gasteiger partial charge in [-0.25, -0.2) is 0 Å². The Bertz CT molecular complexity index is 501. The zero-order valence-electron chi connectivity index (χ0n) is 11.4. The van der Waals surface area contributed by atoms with Gasteiger partial charge in [0.05, 0.1) is 0 Å². The first-order valence-electron chi connectivity index (χ1n) is 6.57. The van der Waals surface area contributed by atoms with Gasteiger partial charge in [-0.3, -0.25) is 0 Å². The maximum absolute atomic E-state index is 3.60. The summed E-state index contributed by atoms with van der Waals surface area (Å²) in [5, 5.41) is 3.60. The van der Waals surface area contributed by atoms with Gasteiger partial charge >= 0.3 is 0 Å². The van der Waals surface area contributed by atoms with Gasteiger partial charge in [-0.15, -0.1) is 11.3 Å². The van der Waals surface area contributed by atoms with E-state index in [-0.39, 0.29) is 0 Å². The predicted octanol–water partition coefficient (Wildman–Crippen LogP) is 4.47. The van der Waals surface area contributed by atoms with Crippen LogP contribution >= 0.6 is 11.3 Å². The molecule has 0 radical (unpaired) electrons. The topological polar surface area (TPSA) is 12.0 Å². The van der Waals surface area contributed by atoms with Crippen LogP contribution in [0.25, 0.3) is 0 Å². The lowest BCUT2D eigenvalue weighted by molar-refractivity contribution is 0.576. The van der Waals surface area contributed by atoms with Crippen molar-refractivity contribution >= 4 is 11.3 Å². The first kappa shape index (κ1) is 13.3. The third-order valence-electron chi connectivity index (χ3n) is 3.30. The number of hydrogen-bond acceptors (Lipinski definition) is 2. The molecule has 0 aliphatic carbocycles. The molecule has 0 aliphatic rings. The smallest absolute Gasteiger partial charge is 0.0305 e. The van der Waals surface area contributed by atoms with Crippen molar-refractivity contribution in [2.24, 2.45) is 0 Å². The molecule has 0 saturated carbocycles. The highest BCUT2D eigenvalue weighted by molar-refractivity contribution is 7.11. The summed E-state index contributed by atoms with van der Waals surface area (Å²) < 4.78 is 0. The largest absolute Gasteiger partial charge is 0.305 e. The summed E-state index contributed by atoms with van der Waals surface area (Å²) in [6.45, 7) is 7.57. The highest BCUT2D eigenvalue weighted by atomic mass is 32.1. The van der Waals surface area contributed by atoms with Gasteiger partial charge in [-0.2, -0.15) is 0 Å². The van der Waals surface area contributed by atoms with Gasteiger partial charge in [-0.1, -0.05) is 31.2 Å². The standard InChI is InChI=1S/C16H21NS/c1-4-14-9-10-15(18-14)11-17-13(3)16-8-6-5-7-12(16)2/h5-10,13,17H,4,11H2,1-3H3. The average molecular weight is 259 g/mol. The van der Waals surface area contributed by atoms with Gasteiger partial charge < -0.3 is 5.32 Å². The molecule has 1 aromatic heterocycles. The predicted molar refractivity (Wildman–Crippen MR) is 80.1 cm³/mol. The van der Waals surface area contributed by atoms with E-state index in [9.17, 15) is 0 Å². The zero-order valence-corrected chi connectivity index (χ0v) is 12.2. The second kappa shape index (κ2) is 6.17. The Morgan fingerprint density at radius 1 is 1.11 bits per heavy atom. The molecule has 0 aliphatic heterocycles. The van der Waals surface area contributed by atoms with Crippen molar-refractivity contribution in [1.29, 1.82) is 0 Å². The van der Waals surface area contributed by atoms with E-state index in [2.05, 4.69) is 62.5 Å². The number of rotatable bonds is 5. The Morgan fingerprint density at radius 3 is 2.50 bits per heavy atom. The van der Waals surface area contributed by atoms with E-state index in [0.717, 1.165) is 13.0 Å². The van der Waals surface area contributed by atoms with Crippen molar-refractivity contribution in [1.82, 2.24) is 5.32 Å². The molecule has 2 heteroatoms. The maximum Gasteiger partial charge on any atom is 0.0305 e. The van der Waals surface area contributed by atoms with E-state index in [1.807, 2.05) is 11.3 Å². The molecule has 0 spiro atoms. The minimum Gasteiger partial charge on any atom is -0.305 e. The van der Waals surface area contributed by atoms with E-state index < -0.39 is 0 Å². The van der Waals surface area contributed by atoms with Gasteiger partial charge in [0.1, 0.15) is 0 Å². The van der Waals surface area contributed by atoms with Crippen LogP contribution in [-0.2, 0) is 13.0 Å². The molecule has 0 fully saturated rings. The van der Waals surface area contributed by atoms with Gasteiger partial charge in [0, 0.05) is 22.3 Å². The summed E-state index contributed by atoms with van der Waals surface area (Å²) in [6.07, 6.45) is 1.14. The number of thiophene rings is 1. The Hall–Kier alpha value is -1.12. The summed E-state index contributed by atoms with van der Waals surface area (Å²) in [5.74, 6) is 0. The van der Waals surface area contributed by atoms with E-state index in [4.69, 9.17) is 0 Å². The van der Waals surface area contributed by atoms with E-state index in [1.165, 1.54) is 20.9 Å². The average Bonchev–Trinajstić information content (AvgIpc) is 2.84. The van der Waals surface area contributed by atoms with Gasteiger partial charge in [-0.05, 0) is 43.5 Å². The second-order valence-electron chi connectivity index (χ2n) is 4.68. The van der Waals surface area contributed by atoms with Crippen molar-refractivity contribution in [3.05, 3.63) is 57.3 Å². The normalized spacial score (nSPS) is 12.6. The van der Waals surface area contributed by atoms with Gasteiger partial charge in [0.2, 0.25) is 0 Å². The first-order chi connectivity index (χ1) is 8.70. The molecule has 96 valence electrons. The Kier molecular flexibility index (Phi) is 4.56. The molecule has 1 atom stereocenters. The summed E-state index contributed by atoms with van der Waals surface area (Å²) in [7, 11) is 0. The molecule has 1 nitrogen and oxygen atoms in total. The third-order valence-corrected chi connectivity index (χ3v) is 4.53. The third kappa shape index (κ3) is 3.21. The van der Waals surface area contributed by atoms with Crippen LogP contribution in [0.3, 0.4) is 0 Å². The summed E-state index contributed by atoms with van der Waals surface area (Å²) >= 11 is 1.91. The highest BCUT2D eigenvalue weighted by Gasteiger charge is 2.07. The van der Waals surface area contributed by atoms with Crippen molar-refractivity contribution in [2.75, 3.05) is 0 Å². The summed E-state index contributed by atoms with van der Waals surface area (Å²) in [5.41, 5.74) is 2.75. The minimum atomic E-state index is 0.401. The molecule has 1 N–H and O–H groups in total. The van der Waals surface area contributed by atoms with Crippen LogP contribution in [0, 0.1) is 6.92 Å². The van der Waals surface area contributed by atoms with Gasteiger partial charge in [0.25, 0.3) is 0 Å². The fraction of sp³-hybridized carbons (Fsp3) is 0.375. The lowest BCUT2D eigenvalue weighted by Crippen LogP contribution is -2.18. The summed E-state index contributed by atoms with van der Waals surface area (Å²) in [6, 6.07) is 13.5. The van der Waals surface area contributed by atoms with Crippen LogP contribution in [-0.4, -0.2) is 0 Å². The molecule has 0 saturated heterocycles. The van der Waals surface area contributed by atoms with E-state index >= 15 is 0 Å². The quantitative estimate of drug-likeness (QED) is 0.835. The second-order valence-corrected chi connectivity index (χ2v) is 5.93. The summed E-state index contributed by atoms with van der Waals surface area (Å²) in [4.78, 5) is 2.89. The van der Waals surface area contributed by atoms with Crippen LogP contribution in [0.1, 0.15) is 40.8 Å². The van der Waals surface area contributed by atoms with Crippen molar-refractivity contribution in [2.45, 2.75) is 39.8 Å². The molecule has 2 aromatic rings. The van der Waals surface area contributed by atoms with Crippen LogP contribution in [0.4, 0.5) is 0 Å². The van der Waals surface area contributed by atoms with Crippen LogP contribution in [0.2, 0.25) is 0 Å². The molecule has 2 rings (SSSR count). The van der Waals surface area contributed by atoms with Crippen molar-refractivity contribution in [3.8, 4) is 0 Å². The van der Waals surface area contributed by atoms with Crippen LogP contribution in [0.5, 0.6) is 0 Å². The molecule has 18 heavy (non-hydrogen) atoms. The van der Waals surface area contributed by atoms with Crippen LogP contribution in [0.15, 0.2) is 36.4 Å². The van der Waals surface area contributed by atoms with Crippen molar-refractivity contribution < 1.29 is 0 Å². The van der Waals surface area contributed by atoms with E-state index in [0.29, 0.717) is 6.04 Å². The Labute approximate surface area is 114 Å². The molecule has 1 unspecified atom stereocenters. The minimum absolute atomic E-state index is 0.401. The molecular weight excluding hydrogens is 238 g/mol. The van der Waals surface area contributed by atoms with Gasteiger partial charge in [0.15, 0.2) is 0 Å². The SMILES string of the molecule is CCc1ccc(CNC(C)c2ccccc2C)s1. The number of nitrogens with one attached hydrogen (secondary N) is 1. The van der Waals surface area contributed by atoms with Crippen LogP contribution < -0.4 is 5.32 Å². The Balaban J connectivity index is 1.96. The number of aryl methyl sites for hydroxylation is 2. The number of hydrogen-bond donors (Lipinski definition) is 1. The fourth-order valence-electron chi connectivity index (χ4n) is 2.14. The first-order valence-corrected chi connectivity index (χ1v) is 7.39. The lowest BCUT2D eigenvalue weighted by Gasteiger charge is -2.15. The molecular formula is C16H21NS. The Morgan fingerprint density at radius 2 is 1.83 bits per heavy atom. The zero-order chi connectivity index (χ0) is 13.0. The molecule has 1 heterocycles. The maximum atomic E-state index is 3.60. The monoisotopic (exact) mass is 259 g/mol. The fourth-order valence-corrected chi connectivity index (χ4v) is 3.05. The highest BCUT2D eigenvalue weighted by Crippen LogP contribution is 2.20. The van der Waals surface area contributed by atoms with Crippen molar-refractivity contribution in [3.63, 3.8) is 0 Å². The van der Waals surface area contributed by atoms with E-state index in [1.54, 1.807) is 0 Å². The molecule has 0 bridgehead atoms. The molecule has 0 amide bonds. The number of benzene rings is 1.